The fourth-order valence-corrected chi connectivity index (χ4v) is 2.27. The molecule has 1 unspecified atom stereocenters. The quantitative estimate of drug-likeness (QED) is 0.333. The van der Waals surface area contributed by atoms with Crippen LogP contribution in [-0.2, 0) is 0 Å². The van der Waals surface area contributed by atoms with Crippen LogP contribution in [0.15, 0.2) is 53.7 Å². The molecule has 0 aliphatic heterocycles. The highest BCUT2D eigenvalue weighted by Gasteiger charge is 2.14. The normalized spacial score (nSPS) is 13.0. The van der Waals surface area contributed by atoms with E-state index in [-0.39, 0.29) is 11.9 Å². The highest BCUT2D eigenvalue weighted by molar-refractivity contribution is 6.42. The summed E-state index contributed by atoms with van der Waals surface area (Å²) in [4.78, 5) is 0. The Balaban J connectivity index is 2.25. The van der Waals surface area contributed by atoms with Crippen molar-refractivity contribution < 1.29 is 5.21 Å². The van der Waals surface area contributed by atoms with Crippen LogP contribution in [-0.4, -0.2) is 11.0 Å². The van der Waals surface area contributed by atoms with Gasteiger partial charge in [-0.2, -0.15) is 0 Å². The van der Waals surface area contributed by atoms with Crippen LogP contribution in [0.2, 0.25) is 10.0 Å². The van der Waals surface area contributed by atoms with E-state index < -0.39 is 0 Å². The van der Waals surface area contributed by atoms with Crippen molar-refractivity contribution in [2.75, 3.05) is 5.32 Å². The Kier molecular flexibility index (Phi) is 5.31. The van der Waals surface area contributed by atoms with Crippen molar-refractivity contribution in [1.29, 1.82) is 0 Å². The third-order valence-electron chi connectivity index (χ3n) is 3.00. The van der Waals surface area contributed by atoms with E-state index in [2.05, 4.69) is 10.5 Å². The molecule has 6 heteroatoms. The van der Waals surface area contributed by atoms with Gasteiger partial charge < -0.3 is 16.3 Å². The van der Waals surface area contributed by atoms with Gasteiger partial charge in [0.15, 0.2) is 0 Å². The first-order valence-corrected chi connectivity index (χ1v) is 7.08. The number of nitrogens with zero attached hydrogens (tertiary/aromatic N) is 1. The van der Waals surface area contributed by atoms with E-state index in [0.29, 0.717) is 16.5 Å². The number of hydrogen-bond donors (Lipinski definition) is 3. The van der Waals surface area contributed by atoms with Crippen LogP contribution in [0.3, 0.4) is 0 Å². The number of oxime groups is 1. The minimum Gasteiger partial charge on any atom is -0.409 e. The molecule has 0 saturated carbocycles. The highest BCUT2D eigenvalue weighted by atomic mass is 35.5. The monoisotopic (exact) mass is 323 g/mol. The summed E-state index contributed by atoms with van der Waals surface area (Å²) in [6.45, 7) is 0. The summed E-state index contributed by atoms with van der Waals surface area (Å²) in [6, 6.07) is 14.9. The number of nitrogens with two attached hydrogens (primary N) is 1. The molecule has 4 nitrogen and oxygen atoms in total. The molecular formula is C15H15Cl2N3O. The molecule has 2 aromatic carbocycles. The zero-order valence-corrected chi connectivity index (χ0v) is 12.6. The molecule has 0 aliphatic carbocycles. The number of nitrogens with one attached hydrogen (secondary N) is 1. The third kappa shape index (κ3) is 4.28. The summed E-state index contributed by atoms with van der Waals surface area (Å²) < 4.78 is 0. The number of benzene rings is 2. The van der Waals surface area contributed by atoms with Crippen LogP contribution in [0.1, 0.15) is 18.0 Å². The summed E-state index contributed by atoms with van der Waals surface area (Å²) in [6.07, 6.45) is 0.362. The van der Waals surface area contributed by atoms with Gasteiger partial charge in [0.1, 0.15) is 5.84 Å². The maximum absolute atomic E-state index is 8.77. The Bertz CT molecular complexity index is 632. The average molecular weight is 324 g/mol. The lowest BCUT2D eigenvalue weighted by Crippen LogP contribution is -2.21. The zero-order chi connectivity index (χ0) is 15.2. The van der Waals surface area contributed by atoms with Crippen molar-refractivity contribution in [3.05, 3.63) is 64.1 Å². The van der Waals surface area contributed by atoms with E-state index >= 15 is 0 Å². The molecule has 2 aromatic rings. The van der Waals surface area contributed by atoms with Gasteiger partial charge in [-0.1, -0.05) is 58.7 Å². The second-order valence-corrected chi connectivity index (χ2v) is 5.35. The maximum atomic E-state index is 8.77. The molecule has 1 atom stereocenters. The average Bonchev–Trinajstić information content (AvgIpc) is 2.51. The predicted octanol–water partition coefficient (Wildman–Crippen LogP) is 4.28. The minimum atomic E-state index is -0.139. The highest BCUT2D eigenvalue weighted by Crippen LogP contribution is 2.28. The molecule has 0 amide bonds. The molecule has 0 spiro atoms. The first kappa shape index (κ1) is 15.5. The molecule has 0 fully saturated rings. The molecule has 110 valence electrons. The van der Waals surface area contributed by atoms with Crippen LogP contribution < -0.4 is 11.1 Å². The van der Waals surface area contributed by atoms with Gasteiger partial charge in [-0.05, 0) is 23.8 Å². The predicted molar refractivity (Wildman–Crippen MR) is 87.3 cm³/mol. The largest absolute Gasteiger partial charge is 0.409 e. The molecular weight excluding hydrogens is 309 g/mol. The molecule has 0 bridgehead atoms. The van der Waals surface area contributed by atoms with Crippen molar-refractivity contribution >= 4 is 34.7 Å². The van der Waals surface area contributed by atoms with Crippen molar-refractivity contribution in [1.82, 2.24) is 0 Å². The van der Waals surface area contributed by atoms with Crippen LogP contribution >= 0.6 is 23.2 Å². The fraction of sp³-hybridized carbons (Fsp3) is 0.133. The maximum Gasteiger partial charge on any atom is 0.141 e. The van der Waals surface area contributed by atoms with Gasteiger partial charge in [0.05, 0.1) is 16.1 Å². The van der Waals surface area contributed by atoms with Crippen LogP contribution in [0.25, 0.3) is 0 Å². The Hall–Kier alpha value is -1.91. The minimum absolute atomic E-state index is 0.139. The molecule has 2 rings (SSSR count). The van der Waals surface area contributed by atoms with Gasteiger partial charge in [-0.25, -0.2) is 0 Å². The van der Waals surface area contributed by atoms with Crippen LogP contribution in [0.4, 0.5) is 5.69 Å². The van der Waals surface area contributed by atoms with Gasteiger partial charge in [-0.15, -0.1) is 0 Å². The van der Waals surface area contributed by atoms with E-state index in [1.54, 1.807) is 12.1 Å². The van der Waals surface area contributed by atoms with Crippen molar-refractivity contribution in [3.8, 4) is 0 Å². The topological polar surface area (TPSA) is 70.6 Å². The van der Waals surface area contributed by atoms with Crippen LogP contribution in [0, 0.1) is 0 Å². The molecule has 0 radical (unpaired) electrons. The van der Waals surface area contributed by atoms with Gasteiger partial charge >= 0.3 is 0 Å². The molecule has 4 N–H and O–H groups in total. The number of amidine groups is 1. The SMILES string of the molecule is NC(CC(Nc1ccc(Cl)c(Cl)c1)c1ccccc1)=NO. The number of anilines is 1. The third-order valence-corrected chi connectivity index (χ3v) is 3.74. The number of halogens is 2. The Morgan fingerprint density at radius 2 is 1.86 bits per heavy atom. The number of hydrogen-bond acceptors (Lipinski definition) is 3. The van der Waals surface area contributed by atoms with Crippen molar-refractivity contribution in [3.63, 3.8) is 0 Å². The van der Waals surface area contributed by atoms with E-state index in [4.69, 9.17) is 34.1 Å². The van der Waals surface area contributed by atoms with Gasteiger partial charge in [0.25, 0.3) is 0 Å². The second kappa shape index (κ2) is 7.20. The van der Waals surface area contributed by atoms with E-state index in [9.17, 15) is 0 Å². The molecule has 0 heterocycles. The molecule has 0 aliphatic rings. The first-order chi connectivity index (χ1) is 10.1. The van der Waals surface area contributed by atoms with Gasteiger partial charge in [0.2, 0.25) is 0 Å². The standard InChI is InChI=1S/C15H15Cl2N3O/c16-12-7-6-11(8-13(12)17)19-14(9-15(18)20-21)10-4-2-1-3-5-10/h1-8,14,19,21H,9H2,(H2,18,20). The molecule has 21 heavy (non-hydrogen) atoms. The van der Waals surface area contributed by atoms with Crippen molar-refractivity contribution in [2.45, 2.75) is 12.5 Å². The fourth-order valence-electron chi connectivity index (χ4n) is 1.97. The van der Waals surface area contributed by atoms with Gasteiger partial charge in [0, 0.05) is 12.1 Å². The summed E-state index contributed by atoms with van der Waals surface area (Å²) in [5.41, 5.74) is 7.46. The summed E-state index contributed by atoms with van der Waals surface area (Å²) in [7, 11) is 0. The number of rotatable bonds is 5. The Morgan fingerprint density at radius 1 is 1.14 bits per heavy atom. The summed E-state index contributed by atoms with van der Waals surface area (Å²) in [5.74, 6) is 0.149. The van der Waals surface area contributed by atoms with Crippen molar-refractivity contribution in [2.24, 2.45) is 10.9 Å². The lowest BCUT2D eigenvalue weighted by Gasteiger charge is -2.20. The smallest absolute Gasteiger partial charge is 0.141 e. The second-order valence-electron chi connectivity index (χ2n) is 4.53. The molecule has 0 aromatic heterocycles. The molecule has 0 saturated heterocycles. The van der Waals surface area contributed by atoms with E-state index in [0.717, 1.165) is 11.3 Å². The summed E-state index contributed by atoms with van der Waals surface area (Å²) >= 11 is 11.9. The lowest BCUT2D eigenvalue weighted by atomic mass is 10.0. The lowest BCUT2D eigenvalue weighted by molar-refractivity contribution is 0.316. The van der Waals surface area contributed by atoms with E-state index in [1.807, 2.05) is 36.4 Å². The first-order valence-electron chi connectivity index (χ1n) is 6.33. The van der Waals surface area contributed by atoms with E-state index in [1.165, 1.54) is 0 Å². The van der Waals surface area contributed by atoms with Gasteiger partial charge in [-0.3, -0.25) is 0 Å². The Morgan fingerprint density at radius 3 is 2.48 bits per heavy atom. The van der Waals surface area contributed by atoms with Crippen LogP contribution in [0.5, 0.6) is 0 Å². The Labute approximate surface area is 133 Å². The summed E-state index contributed by atoms with van der Waals surface area (Å²) in [5, 5.41) is 16.1. The zero-order valence-electron chi connectivity index (χ0n) is 11.1.